The minimum absolute atomic E-state index is 0.0132. The summed E-state index contributed by atoms with van der Waals surface area (Å²) in [6.45, 7) is 6.89. The van der Waals surface area contributed by atoms with Crippen molar-refractivity contribution >= 4 is 155 Å². The summed E-state index contributed by atoms with van der Waals surface area (Å²) in [7, 11) is 3.93. The van der Waals surface area contributed by atoms with Crippen LogP contribution in [0.4, 0.5) is 15.3 Å². The van der Waals surface area contributed by atoms with Crippen LogP contribution in [-0.2, 0) is 89.6 Å². The quantitative estimate of drug-likeness (QED) is 0.0186. The first-order chi connectivity index (χ1) is 63.3. The number of phenols is 2. The zero-order valence-electron chi connectivity index (χ0n) is 73.0. The number of nitrogens with one attached hydrogen (secondary N) is 9. The molecule has 2 aliphatic heterocycles. The third-order valence-corrected chi connectivity index (χ3v) is 25.2. The Morgan fingerprint density at radius 1 is 0.485 bits per heavy atom. The number of aromatic amines is 1. The molecule has 16 amide bonds. The number of carboxylic acids is 2. The van der Waals surface area contributed by atoms with E-state index in [9.17, 15) is 116 Å². The van der Waals surface area contributed by atoms with Crippen molar-refractivity contribution in [1.29, 1.82) is 0 Å². The van der Waals surface area contributed by atoms with E-state index in [0.29, 0.717) is 28.4 Å². The van der Waals surface area contributed by atoms with Crippen molar-refractivity contribution in [1.82, 2.24) is 56.9 Å². The fraction of sp³-hybridized carbons (Fsp3) is 0.429. The van der Waals surface area contributed by atoms with Gasteiger partial charge in [-0.3, -0.25) is 67.1 Å². The monoisotopic (exact) mass is 1940 g/mol. The molecule has 0 saturated carbocycles. The van der Waals surface area contributed by atoms with E-state index >= 15 is 0 Å². The van der Waals surface area contributed by atoms with Gasteiger partial charge >= 0.3 is 35.4 Å². The van der Waals surface area contributed by atoms with Crippen molar-refractivity contribution in [3.63, 3.8) is 0 Å². The van der Waals surface area contributed by atoms with Gasteiger partial charge in [-0.2, -0.15) is 4.68 Å². The Labute approximate surface area is 782 Å². The summed E-state index contributed by atoms with van der Waals surface area (Å²) in [6.07, 6.45) is 6.46. The van der Waals surface area contributed by atoms with Gasteiger partial charge in [0.15, 0.2) is 11.6 Å². The highest BCUT2D eigenvalue weighted by Crippen LogP contribution is 2.29. The Hall–Kier alpha value is -14.1. The molecule has 14 atom stereocenters. The summed E-state index contributed by atoms with van der Waals surface area (Å²) in [6, 6.07) is 5.99. The third-order valence-electron chi connectivity index (χ3n) is 20.4. The Bertz CT molecular complexity index is 5270. The molecular formula is C84H108N20O26S4. The van der Waals surface area contributed by atoms with Crippen LogP contribution in [0.5, 0.6) is 23.0 Å². The lowest BCUT2D eigenvalue weighted by atomic mass is 9.91. The lowest BCUT2D eigenvalue weighted by molar-refractivity contribution is -0.142. The average molecular weight is 1940 g/mol. The van der Waals surface area contributed by atoms with E-state index in [1.807, 2.05) is 0 Å². The first-order valence-electron chi connectivity index (χ1n) is 41.2. The van der Waals surface area contributed by atoms with Crippen molar-refractivity contribution < 1.29 is 116 Å². The summed E-state index contributed by atoms with van der Waals surface area (Å²) >= 11 is 0. The number of benzene rings is 4. The second-order valence-electron chi connectivity index (χ2n) is 30.5. The predicted octanol–water partition coefficient (Wildman–Crippen LogP) is -2.81. The van der Waals surface area contributed by atoms with Gasteiger partial charge < -0.3 is 118 Å². The maximum atomic E-state index is 14.3. The topological polar surface area (TPSA) is 774 Å². The molecule has 7 rings (SSSR count). The van der Waals surface area contributed by atoms with Crippen LogP contribution in [0.25, 0.3) is 11.4 Å². The number of phenolic OH excluding ortho intramolecular Hbond substituents is 2. The smallest absolute Gasteiger partial charge is 0.356 e. The number of nitrogens with zero attached hydrogens (tertiary/aromatic N) is 3. The van der Waals surface area contributed by atoms with Gasteiger partial charge in [0.1, 0.15) is 78.2 Å². The van der Waals surface area contributed by atoms with Crippen molar-refractivity contribution in [2.45, 2.75) is 165 Å². The molecule has 134 heavy (non-hydrogen) atoms. The second kappa shape index (κ2) is 54.7. The fourth-order valence-corrected chi connectivity index (χ4v) is 17.2. The highest BCUT2D eigenvalue weighted by Gasteiger charge is 2.40. The van der Waals surface area contributed by atoms with Gasteiger partial charge in [0, 0.05) is 74.4 Å². The summed E-state index contributed by atoms with van der Waals surface area (Å²) < 4.78 is 12.0. The van der Waals surface area contributed by atoms with Gasteiger partial charge in [-0.1, -0.05) is 114 Å². The highest BCUT2D eigenvalue weighted by atomic mass is 33.1. The molecule has 3 heterocycles. The number of nitrogens with two attached hydrogens (primary N) is 8. The summed E-state index contributed by atoms with van der Waals surface area (Å²) in [5, 5.41) is 62.8. The van der Waals surface area contributed by atoms with Crippen LogP contribution >= 0.6 is 43.2 Å². The summed E-state index contributed by atoms with van der Waals surface area (Å²) in [5.74, 6) is -14.6. The molecule has 0 radical (unpaired) electrons. The number of carbonyl (C=O) groups is 18. The number of carboxylic acid groups (broad SMARTS) is 2. The molecule has 2 aliphatic rings. The van der Waals surface area contributed by atoms with Crippen LogP contribution in [0.1, 0.15) is 103 Å². The second-order valence-corrected chi connectivity index (χ2v) is 35.6. The zero-order chi connectivity index (χ0) is 99.9. The van der Waals surface area contributed by atoms with E-state index in [-0.39, 0.29) is 103 Å². The minimum Gasteiger partial charge on any atom is -0.508 e. The maximum Gasteiger partial charge on any atom is 0.356 e. The van der Waals surface area contributed by atoms with Gasteiger partial charge in [0.2, 0.25) is 70.9 Å². The number of hydrogen-bond donors (Lipinski definition) is 21. The molecular weight excluding hydrogens is 1830 g/mol. The molecule has 724 valence electrons. The van der Waals surface area contributed by atoms with E-state index in [1.54, 1.807) is 52.0 Å². The van der Waals surface area contributed by atoms with Crippen LogP contribution in [0.2, 0.25) is 0 Å². The average Bonchev–Trinajstić information content (AvgIpc) is 1.63. The zero-order valence-corrected chi connectivity index (χ0v) is 76.3. The molecule has 46 nitrogen and oxygen atoms in total. The van der Waals surface area contributed by atoms with Crippen molar-refractivity contribution in [2.24, 2.45) is 69.5 Å². The van der Waals surface area contributed by atoms with Gasteiger partial charge in [-0.05, 0) is 109 Å². The molecule has 0 bridgehead atoms. The number of carbonyl (C=O) groups excluding carboxylic acids is 16. The van der Waals surface area contributed by atoms with Gasteiger partial charge in [0.25, 0.3) is 0 Å². The van der Waals surface area contributed by atoms with Gasteiger partial charge in [0.05, 0.1) is 47.4 Å². The van der Waals surface area contributed by atoms with E-state index in [0.717, 1.165) is 52.4 Å². The molecule has 1 aromatic heterocycles. The fourth-order valence-electron chi connectivity index (χ4n) is 12.7. The number of amides is 16. The molecule has 2 fully saturated rings. The van der Waals surface area contributed by atoms with Crippen molar-refractivity contribution in [3.05, 3.63) is 123 Å². The Balaban J connectivity index is 0.000000413. The number of aliphatic carboxylic acids is 2. The molecule has 0 spiro atoms. The van der Waals surface area contributed by atoms with Crippen LogP contribution < -0.4 is 114 Å². The summed E-state index contributed by atoms with van der Waals surface area (Å²) in [5.41, 5.74) is 42.9. The number of terminal acetylenes is 2. The van der Waals surface area contributed by atoms with Crippen molar-refractivity contribution in [2.75, 3.05) is 41.1 Å². The minimum atomic E-state index is -1.55. The third kappa shape index (κ3) is 35.6. The maximum absolute atomic E-state index is 14.3. The first kappa shape index (κ1) is 110. The largest absolute Gasteiger partial charge is 0.508 e. The number of Topliss-reactive ketones (excluding diaryl/α,β-unsaturated/α-hetero) is 2. The van der Waals surface area contributed by atoms with Crippen LogP contribution in [0, 0.1) is 48.4 Å². The number of rotatable bonds is 27. The molecule has 4 aromatic carbocycles. The number of primary amides is 6. The van der Waals surface area contributed by atoms with Gasteiger partial charge in [-0.25, -0.2) is 43.3 Å². The molecule has 29 N–H and O–H groups in total. The molecule has 0 aliphatic carbocycles. The first-order valence-corrected chi connectivity index (χ1v) is 46.1. The number of hydrogen-bond acceptors (Lipinski definition) is 30. The predicted molar refractivity (Wildman–Crippen MR) is 492 cm³/mol. The highest BCUT2D eigenvalue weighted by molar-refractivity contribution is 8.77. The number of H-pyrrole nitrogens is 1. The number of anilines is 1. The van der Waals surface area contributed by atoms with Crippen LogP contribution in [-0.4, -0.2) is 238 Å². The molecule has 5 aromatic rings. The SMILES string of the molecule is C#CCOc1ccc(-n2c(=O)[nH]n(-c3cc(CC4NC(=O)C(N)CSSCC(C(=O)O)NC(=O)C(CC(N)=O)CC(=O)C(CCC(N)=O)NC(=O)C(C(C)CC)NC4=O)ccc3O)c2=O)cc1.C#CCOc1ccc(N(C(N)=O)C(N)=O)cc1.CCC(C)C1NC(=O)C(Cc2ccc(O)cc2)NC(=O)C(N)CSSCC(C(=O)O)NC(=O)C(CC(N)=O)CC(=O)C(CCC(N)=O)NC1=O. The van der Waals surface area contributed by atoms with Crippen LogP contribution in [0.15, 0.2) is 101 Å². The molecule has 50 heteroatoms. The Morgan fingerprint density at radius 3 is 1.25 bits per heavy atom. The summed E-state index contributed by atoms with van der Waals surface area (Å²) in [4.78, 5) is 257. The number of imide groups is 1. The lowest BCUT2D eigenvalue weighted by Crippen LogP contribution is -2.59. The number of aromatic hydroxyl groups is 2. The standard InChI is InChI=1S/C42H52N10O13S2.C31H45N7O10S2.C11H11N3O3/c1-4-14-65-25-9-7-24(8-10-25)51-41(63)50-52(42(51)64)30-16-22(6-12-31(30)53)15-28-38(59)49-35(21(3)5-2)39(60)46-27(11-13-33(44)55)32(54)17-23(18-34(45)56)36(57)48-29(40(61)62)20-67-66-19-26(43)37(58)47-28;1-3-15(2)26-30(46)35-20(8-9-24(33)41)23(40)11-17(12-25(34)42)27(43)37-22(31(47)48)14-50-49-13-19(32)28(44)36-21(29(45)38-26)10-16-4-6-18(39)7-5-16;1-2-7-17-9-5-3-8(4-6-9)14(10(12)15)11(13)16/h1,6-10,12,16,21,23,26-29,35,53H,5,11,13-15,17-20,43H2,2-3H3,(H2,44,55)(H2,45,56)(H,46,60)(H,47,58)(H,48,57)(H,49,59)(H,50,63)(H,61,62);4-7,15,17,19-22,26,39H,3,8-14,32H2,1-2H3,(H2,33,41)(H2,34,42)(H,35,46)(H,36,44)(H,37,43)(H,38,45)(H,47,48);1,3-6H,7H2,(H2,12,15)(H2,13,16). The van der Waals surface area contributed by atoms with Gasteiger partial charge in [-0.15, -0.1) is 12.8 Å². The Morgan fingerprint density at radius 2 is 0.873 bits per heavy atom. The van der Waals surface area contributed by atoms with E-state index in [1.165, 1.54) is 66.7 Å². The number of ketones is 2. The normalized spacial score (nSPS) is 21.7. The lowest BCUT2D eigenvalue weighted by Gasteiger charge is -2.29. The van der Waals surface area contributed by atoms with Crippen molar-refractivity contribution in [3.8, 4) is 59.1 Å². The van der Waals surface area contributed by atoms with E-state index in [2.05, 4.69) is 59.5 Å². The number of ether oxygens (including phenoxy) is 2. The Kier molecular flexibility index (Phi) is 45.1. The van der Waals surface area contributed by atoms with Crippen LogP contribution in [0.3, 0.4) is 0 Å². The molecule has 14 unspecified atom stereocenters. The molecule has 2 saturated heterocycles. The van der Waals surface area contributed by atoms with E-state index < -0.39 is 240 Å². The number of urea groups is 2. The number of aromatic nitrogens is 3. The van der Waals surface area contributed by atoms with E-state index in [4.69, 9.17) is 68.2 Å².